The average Bonchev–Trinajstić information content (AvgIpc) is 3.27. The normalized spacial score (nSPS) is 15.8. The molecule has 0 fully saturated rings. The summed E-state index contributed by atoms with van der Waals surface area (Å²) in [6, 6.07) is 25.8. The summed E-state index contributed by atoms with van der Waals surface area (Å²) in [6.07, 6.45) is 1.81. The minimum Gasteiger partial charge on any atom is -0.486 e. The van der Waals surface area contributed by atoms with E-state index in [-0.39, 0.29) is 18.1 Å². The van der Waals surface area contributed by atoms with Gasteiger partial charge in [0.05, 0.1) is 6.54 Å². The number of aromatic nitrogens is 1. The van der Waals surface area contributed by atoms with Crippen molar-refractivity contribution < 1.29 is 14.3 Å². The van der Waals surface area contributed by atoms with Crippen LogP contribution < -0.4 is 20.1 Å². The van der Waals surface area contributed by atoms with Crippen molar-refractivity contribution in [2.75, 3.05) is 19.7 Å². The van der Waals surface area contributed by atoms with Crippen molar-refractivity contribution in [1.29, 1.82) is 0 Å². The molecule has 1 aromatic heterocycles. The van der Waals surface area contributed by atoms with Crippen LogP contribution in [0.25, 0.3) is 10.9 Å². The molecule has 2 heterocycles. The number of carbonyl (C=O) groups is 1. The highest BCUT2D eigenvalue weighted by Crippen LogP contribution is 2.31. The maximum Gasteiger partial charge on any atom is 0.314 e. The second-order valence-electron chi connectivity index (χ2n) is 7.84. The molecule has 5 rings (SSSR count). The first-order valence-corrected chi connectivity index (χ1v) is 10.8. The average molecular weight is 428 g/mol. The Labute approximate surface area is 186 Å². The smallest absolute Gasteiger partial charge is 0.314 e. The molecule has 2 amide bonds. The number of para-hydroxylation sites is 3. The predicted molar refractivity (Wildman–Crippen MR) is 124 cm³/mol. The summed E-state index contributed by atoms with van der Waals surface area (Å²) in [5.41, 5.74) is 3.40. The van der Waals surface area contributed by atoms with Crippen LogP contribution in [-0.2, 0) is 0 Å². The molecule has 0 bridgehead atoms. The topological polar surface area (TPSA) is 75.4 Å². The van der Waals surface area contributed by atoms with Crippen molar-refractivity contribution in [1.82, 2.24) is 15.6 Å². The van der Waals surface area contributed by atoms with Crippen molar-refractivity contribution >= 4 is 16.9 Å². The summed E-state index contributed by atoms with van der Waals surface area (Å²) in [7, 11) is 0. The molecular formula is C26H25N3O3. The van der Waals surface area contributed by atoms with E-state index in [9.17, 15) is 4.79 Å². The fourth-order valence-electron chi connectivity index (χ4n) is 4.10. The molecule has 3 aromatic carbocycles. The Kier molecular flexibility index (Phi) is 5.66. The SMILES string of the molecule is O=C(NC[C@H]1COc2ccccc2O1)NC[C@H](c1ccccc1)c1c[nH]c2ccccc12. The summed E-state index contributed by atoms with van der Waals surface area (Å²) >= 11 is 0. The van der Waals surface area contributed by atoms with E-state index in [0.29, 0.717) is 25.4 Å². The number of amides is 2. The number of carbonyl (C=O) groups excluding carboxylic acids is 1. The summed E-state index contributed by atoms with van der Waals surface area (Å²) < 4.78 is 11.6. The number of fused-ring (bicyclic) bond motifs is 2. The first-order chi connectivity index (χ1) is 15.8. The summed E-state index contributed by atoms with van der Waals surface area (Å²) in [6.45, 7) is 1.24. The zero-order valence-electron chi connectivity index (χ0n) is 17.6. The molecular weight excluding hydrogens is 402 g/mol. The third-order valence-corrected chi connectivity index (χ3v) is 5.72. The fraction of sp³-hybridized carbons (Fsp3) is 0.192. The lowest BCUT2D eigenvalue weighted by Crippen LogP contribution is -2.45. The zero-order chi connectivity index (χ0) is 21.8. The number of hydrogen-bond donors (Lipinski definition) is 3. The van der Waals surface area contributed by atoms with Gasteiger partial charge in [0.2, 0.25) is 0 Å². The van der Waals surface area contributed by atoms with Crippen LogP contribution in [0.15, 0.2) is 85.1 Å². The van der Waals surface area contributed by atoms with Crippen LogP contribution in [0.3, 0.4) is 0 Å². The Bertz CT molecular complexity index is 1210. The molecule has 1 aliphatic heterocycles. The molecule has 0 saturated carbocycles. The lowest BCUT2D eigenvalue weighted by atomic mass is 9.91. The Balaban J connectivity index is 1.23. The molecule has 0 spiro atoms. The van der Waals surface area contributed by atoms with E-state index in [4.69, 9.17) is 9.47 Å². The van der Waals surface area contributed by atoms with Crippen LogP contribution in [0.1, 0.15) is 17.0 Å². The van der Waals surface area contributed by atoms with Gasteiger partial charge in [-0.05, 0) is 29.3 Å². The lowest BCUT2D eigenvalue weighted by Gasteiger charge is -2.26. The number of aromatic amines is 1. The van der Waals surface area contributed by atoms with Crippen molar-refractivity contribution in [3.63, 3.8) is 0 Å². The number of hydrogen-bond acceptors (Lipinski definition) is 3. The standard InChI is InChI=1S/C26H25N3O3/c30-26(28-14-19-17-31-24-12-6-7-13-25(24)32-19)29-15-21(18-8-2-1-3-9-18)22-16-27-23-11-5-4-10-20(22)23/h1-13,16,19,21,27H,14-15,17H2,(H2,28,29,30)/t19-,21+/m0/s1. The number of urea groups is 1. The molecule has 0 saturated heterocycles. The molecule has 6 nitrogen and oxygen atoms in total. The van der Waals surface area contributed by atoms with Gasteiger partial charge in [-0.25, -0.2) is 4.79 Å². The molecule has 32 heavy (non-hydrogen) atoms. The van der Waals surface area contributed by atoms with Crippen molar-refractivity contribution in [2.45, 2.75) is 12.0 Å². The third kappa shape index (κ3) is 4.25. The van der Waals surface area contributed by atoms with E-state index in [0.717, 1.165) is 27.8 Å². The minimum atomic E-state index is -0.228. The fourth-order valence-corrected chi connectivity index (χ4v) is 4.10. The molecule has 1 aliphatic rings. The van der Waals surface area contributed by atoms with Gasteiger partial charge >= 0.3 is 6.03 Å². The van der Waals surface area contributed by atoms with Gasteiger partial charge in [0.25, 0.3) is 0 Å². The van der Waals surface area contributed by atoms with Crippen LogP contribution in [0.4, 0.5) is 4.79 Å². The highest BCUT2D eigenvalue weighted by Gasteiger charge is 2.22. The van der Waals surface area contributed by atoms with Crippen LogP contribution in [0, 0.1) is 0 Å². The molecule has 0 radical (unpaired) electrons. The van der Waals surface area contributed by atoms with Crippen molar-refractivity contribution in [2.24, 2.45) is 0 Å². The Morgan fingerprint density at radius 3 is 2.56 bits per heavy atom. The van der Waals surface area contributed by atoms with Gasteiger partial charge in [-0.1, -0.05) is 60.7 Å². The largest absolute Gasteiger partial charge is 0.486 e. The van der Waals surface area contributed by atoms with E-state index in [1.807, 2.05) is 60.8 Å². The molecule has 162 valence electrons. The van der Waals surface area contributed by atoms with E-state index >= 15 is 0 Å². The van der Waals surface area contributed by atoms with Gasteiger partial charge < -0.3 is 25.1 Å². The van der Waals surface area contributed by atoms with Gasteiger partial charge in [0, 0.05) is 29.6 Å². The highest BCUT2D eigenvalue weighted by atomic mass is 16.6. The third-order valence-electron chi connectivity index (χ3n) is 5.72. The molecule has 0 unspecified atom stereocenters. The number of nitrogens with one attached hydrogen (secondary N) is 3. The van der Waals surface area contributed by atoms with Gasteiger partial charge in [-0.15, -0.1) is 0 Å². The van der Waals surface area contributed by atoms with E-state index in [1.54, 1.807) is 0 Å². The molecule has 0 aliphatic carbocycles. The quantitative estimate of drug-likeness (QED) is 0.426. The van der Waals surface area contributed by atoms with Crippen molar-refractivity contribution in [3.05, 3.63) is 96.2 Å². The first-order valence-electron chi connectivity index (χ1n) is 10.8. The Hall–Kier alpha value is -3.93. The maximum atomic E-state index is 12.6. The maximum absolute atomic E-state index is 12.6. The van der Waals surface area contributed by atoms with Gasteiger partial charge in [-0.3, -0.25) is 0 Å². The molecule has 6 heteroatoms. The monoisotopic (exact) mass is 427 g/mol. The van der Waals surface area contributed by atoms with Crippen LogP contribution in [0.2, 0.25) is 0 Å². The minimum absolute atomic E-state index is 0.0271. The molecule has 2 atom stereocenters. The van der Waals surface area contributed by atoms with Gasteiger partial charge in [-0.2, -0.15) is 0 Å². The number of benzene rings is 3. The molecule has 4 aromatic rings. The summed E-state index contributed by atoms with van der Waals surface area (Å²) in [5.74, 6) is 1.46. The van der Waals surface area contributed by atoms with E-state index < -0.39 is 0 Å². The number of ether oxygens (including phenoxy) is 2. The van der Waals surface area contributed by atoms with E-state index in [1.165, 1.54) is 0 Å². The highest BCUT2D eigenvalue weighted by molar-refractivity contribution is 5.84. The second-order valence-corrected chi connectivity index (χ2v) is 7.84. The summed E-state index contributed by atoms with van der Waals surface area (Å²) in [5, 5.41) is 7.10. The van der Waals surface area contributed by atoms with Gasteiger partial charge in [0.15, 0.2) is 17.6 Å². The Morgan fingerprint density at radius 2 is 1.69 bits per heavy atom. The molecule has 3 N–H and O–H groups in total. The summed E-state index contributed by atoms with van der Waals surface area (Å²) in [4.78, 5) is 15.9. The van der Waals surface area contributed by atoms with Crippen LogP contribution >= 0.6 is 0 Å². The zero-order valence-corrected chi connectivity index (χ0v) is 17.6. The lowest BCUT2D eigenvalue weighted by molar-refractivity contribution is 0.0918. The van der Waals surface area contributed by atoms with Crippen LogP contribution in [-0.4, -0.2) is 36.8 Å². The number of H-pyrrole nitrogens is 1. The number of rotatable bonds is 6. The Morgan fingerprint density at radius 1 is 0.938 bits per heavy atom. The first kappa shape index (κ1) is 20.0. The predicted octanol–water partition coefficient (Wildman–Crippen LogP) is 4.44. The van der Waals surface area contributed by atoms with Gasteiger partial charge in [0.1, 0.15) is 6.61 Å². The van der Waals surface area contributed by atoms with Crippen LogP contribution in [0.5, 0.6) is 11.5 Å². The van der Waals surface area contributed by atoms with E-state index in [2.05, 4.69) is 39.9 Å². The second kappa shape index (κ2) is 9.06. The van der Waals surface area contributed by atoms with Crippen molar-refractivity contribution in [3.8, 4) is 11.5 Å².